The Morgan fingerprint density at radius 2 is 1.94 bits per heavy atom. The van der Waals surface area contributed by atoms with Crippen LogP contribution in [0, 0.1) is 6.92 Å². The van der Waals surface area contributed by atoms with Gasteiger partial charge in [0.15, 0.2) is 6.20 Å². The third-order valence-corrected chi connectivity index (χ3v) is 3.29. The molecule has 3 rings (SSSR count). The van der Waals surface area contributed by atoms with Gasteiger partial charge >= 0.3 is 0 Å². The maximum Gasteiger partial charge on any atom is 0.238 e. The van der Waals surface area contributed by atoms with Gasteiger partial charge in [0, 0.05) is 13.1 Å². The molecule has 0 radical (unpaired) electrons. The molecule has 0 aliphatic heterocycles. The van der Waals surface area contributed by atoms with Crippen molar-refractivity contribution in [1.29, 1.82) is 0 Å². The molecular formula is C15H16N3+. The molecule has 3 heteroatoms. The minimum Gasteiger partial charge on any atom is -0.262 e. The highest BCUT2D eigenvalue weighted by atomic mass is 15.3. The summed E-state index contributed by atoms with van der Waals surface area (Å²) in [6.45, 7) is 2.02. The van der Waals surface area contributed by atoms with E-state index >= 15 is 0 Å². The quantitative estimate of drug-likeness (QED) is 0.596. The molecule has 0 saturated carbocycles. The number of aromatic nitrogens is 3. The van der Waals surface area contributed by atoms with Gasteiger partial charge in [0.1, 0.15) is 12.7 Å². The maximum absolute atomic E-state index is 4.44. The summed E-state index contributed by atoms with van der Waals surface area (Å²) in [7, 11) is 4.06. The van der Waals surface area contributed by atoms with Gasteiger partial charge in [0.25, 0.3) is 0 Å². The van der Waals surface area contributed by atoms with E-state index in [1.807, 2.05) is 18.7 Å². The normalized spacial score (nSPS) is 11.1. The fourth-order valence-electron chi connectivity index (χ4n) is 2.47. The Bertz CT molecular complexity index is 726. The summed E-state index contributed by atoms with van der Waals surface area (Å²) in [5.41, 5.74) is 3.39. The maximum atomic E-state index is 4.44. The van der Waals surface area contributed by atoms with Gasteiger partial charge in [0.2, 0.25) is 5.69 Å². The SMILES string of the molecule is Cc1cc(-c2c3ccccc3cc[n+]2C)n(C)n1. The van der Waals surface area contributed by atoms with Crippen molar-refractivity contribution in [2.24, 2.45) is 14.1 Å². The monoisotopic (exact) mass is 238 g/mol. The summed E-state index contributed by atoms with van der Waals surface area (Å²) in [6.07, 6.45) is 2.10. The van der Waals surface area contributed by atoms with Gasteiger partial charge in [-0.1, -0.05) is 18.2 Å². The van der Waals surface area contributed by atoms with Crippen LogP contribution in [-0.2, 0) is 14.1 Å². The smallest absolute Gasteiger partial charge is 0.238 e. The zero-order valence-corrected chi connectivity index (χ0v) is 10.9. The highest BCUT2D eigenvalue weighted by Gasteiger charge is 2.18. The largest absolute Gasteiger partial charge is 0.262 e. The van der Waals surface area contributed by atoms with Crippen LogP contribution in [0.15, 0.2) is 42.6 Å². The first-order valence-corrected chi connectivity index (χ1v) is 6.05. The summed E-state index contributed by atoms with van der Waals surface area (Å²) < 4.78 is 4.09. The van der Waals surface area contributed by atoms with E-state index in [0.717, 1.165) is 11.4 Å². The lowest BCUT2D eigenvalue weighted by atomic mass is 10.1. The van der Waals surface area contributed by atoms with Crippen LogP contribution in [-0.4, -0.2) is 9.78 Å². The van der Waals surface area contributed by atoms with Crippen molar-refractivity contribution in [2.75, 3.05) is 0 Å². The molecule has 0 saturated heterocycles. The highest BCUT2D eigenvalue weighted by Crippen LogP contribution is 2.24. The second-order valence-electron chi connectivity index (χ2n) is 4.66. The first-order chi connectivity index (χ1) is 8.66. The lowest BCUT2D eigenvalue weighted by Gasteiger charge is -2.04. The highest BCUT2D eigenvalue weighted by molar-refractivity contribution is 5.92. The van der Waals surface area contributed by atoms with E-state index in [1.165, 1.54) is 16.5 Å². The Morgan fingerprint density at radius 3 is 2.67 bits per heavy atom. The van der Waals surface area contributed by atoms with Gasteiger partial charge in [-0.25, -0.2) is 0 Å². The Labute approximate surface area is 106 Å². The van der Waals surface area contributed by atoms with Gasteiger partial charge in [-0.2, -0.15) is 9.67 Å². The summed E-state index contributed by atoms with van der Waals surface area (Å²) in [4.78, 5) is 0. The second kappa shape index (κ2) is 3.95. The van der Waals surface area contributed by atoms with Crippen molar-refractivity contribution in [3.8, 4) is 11.4 Å². The van der Waals surface area contributed by atoms with Crippen LogP contribution < -0.4 is 4.57 Å². The van der Waals surface area contributed by atoms with Gasteiger partial charge in [-0.15, -0.1) is 0 Å². The standard InChI is InChI=1S/C15H16N3/c1-11-10-14(18(3)16-11)15-13-7-5-4-6-12(13)8-9-17(15)2/h4-10H,1-3H3/q+1. The van der Waals surface area contributed by atoms with E-state index in [1.54, 1.807) is 0 Å². The van der Waals surface area contributed by atoms with Crippen LogP contribution in [0.5, 0.6) is 0 Å². The minimum atomic E-state index is 1.04. The molecule has 2 aromatic heterocycles. The lowest BCUT2D eigenvalue weighted by molar-refractivity contribution is -0.659. The Morgan fingerprint density at radius 1 is 1.17 bits per heavy atom. The summed E-state index contributed by atoms with van der Waals surface area (Å²) >= 11 is 0. The average Bonchev–Trinajstić information content (AvgIpc) is 2.68. The minimum absolute atomic E-state index is 1.04. The molecule has 0 unspecified atom stereocenters. The molecule has 90 valence electrons. The number of benzene rings is 1. The molecule has 3 nitrogen and oxygen atoms in total. The molecule has 1 aromatic carbocycles. The molecule has 0 aliphatic carbocycles. The molecular weight excluding hydrogens is 222 g/mol. The third kappa shape index (κ3) is 1.59. The van der Waals surface area contributed by atoms with Crippen LogP contribution >= 0.6 is 0 Å². The number of rotatable bonds is 1. The molecule has 3 aromatic rings. The van der Waals surface area contributed by atoms with E-state index in [9.17, 15) is 0 Å². The Kier molecular flexibility index (Phi) is 2.40. The topological polar surface area (TPSA) is 21.7 Å². The molecule has 0 amide bonds. The van der Waals surface area contributed by atoms with Crippen molar-refractivity contribution in [3.05, 3.63) is 48.3 Å². The van der Waals surface area contributed by atoms with Crippen molar-refractivity contribution >= 4 is 10.8 Å². The predicted octanol–water partition coefficient (Wildman–Crippen LogP) is 2.37. The van der Waals surface area contributed by atoms with E-state index in [-0.39, 0.29) is 0 Å². The first kappa shape index (κ1) is 11.0. The fraction of sp³-hybridized carbons (Fsp3) is 0.200. The summed E-state index contributed by atoms with van der Waals surface area (Å²) in [5, 5.41) is 6.95. The van der Waals surface area contributed by atoms with Crippen LogP contribution in [0.1, 0.15) is 5.69 Å². The predicted molar refractivity (Wildman–Crippen MR) is 72.1 cm³/mol. The summed E-state index contributed by atoms with van der Waals surface area (Å²) in [5.74, 6) is 0. The number of hydrogen-bond donors (Lipinski definition) is 0. The second-order valence-corrected chi connectivity index (χ2v) is 4.66. The Balaban J connectivity index is 2.41. The van der Waals surface area contributed by atoms with Gasteiger partial charge in [-0.05, 0) is 24.4 Å². The van der Waals surface area contributed by atoms with Crippen molar-refractivity contribution in [1.82, 2.24) is 9.78 Å². The van der Waals surface area contributed by atoms with Crippen LogP contribution in [0.4, 0.5) is 0 Å². The average molecular weight is 238 g/mol. The van der Waals surface area contributed by atoms with Crippen molar-refractivity contribution < 1.29 is 4.57 Å². The first-order valence-electron chi connectivity index (χ1n) is 6.05. The Hall–Kier alpha value is -2.16. The van der Waals surface area contributed by atoms with E-state index < -0.39 is 0 Å². The zero-order valence-electron chi connectivity index (χ0n) is 10.9. The molecule has 0 atom stereocenters. The third-order valence-electron chi connectivity index (χ3n) is 3.29. The molecule has 2 heterocycles. The molecule has 18 heavy (non-hydrogen) atoms. The number of fused-ring (bicyclic) bond motifs is 1. The number of nitrogens with zero attached hydrogens (tertiary/aromatic N) is 3. The van der Waals surface area contributed by atoms with Crippen molar-refractivity contribution in [2.45, 2.75) is 6.92 Å². The molecule has 0 aliphatic rings. The number of hydrogen-bond acceptors (Lipinski definition) is 1. The molecule has 0 fully saturated rings. The van der Waals surface area contributed by atoms with Gasteiger partial charge in [-0.3, -0.25) is 4.68 Å². The van der Waals surface area contributed by atoms with E-state index in [2.05, 4.69) is 59.3 Å². The van der Waals surface area contributed by atoms with Gasteiger partial charge < -0.3 is 0 Å². The molecule has 0 bridgehead atoms. The van der Waals surface area contributed by atoms with E-state index in [0.29, 0.717) is 0 Å². The van der Waals surface area contributed by atoms with Gasteiger partial charge in [0.05, 0.1) is 11.1 Å². The van der Waals surface area contributed by atoms with Crippen LogP contribution in [0.25, 0.3) is 22.2 Å². The van der Waals surface area contributed by atoms with Crippen molar-refractivity contribution in [3.63, 3.8) is 0 Å². The zero-order chi connectivity index (χ0) is 12.7. The molecule has 0 spiro atoms. The number of pyridine rings is 1. The van der Waals surface area contributed by atoms with E-state index in [4.69, 9.17) is 0 Å². The lowest BCUT2D eigenvalue weighted by Crippen LogP contribution is -2.31. The number of aryl methyl sites for hydroxylation is 3. The van der Waals surface area contributed by atoms with Crippen LogP contribution in [0.3, 0.4) is 0 Å². The fourth-order valence-corrected chi connectivity index (χ4v) is 2.47. The summed E-state index contributed by atoms with van der Waals surface area (Å²) in [6, 6.07) is 12.7. The van der Waals surface area contributed by atoms with Crippen LogP contribution in [0.2, 0.25) is 0 Å². The molecule has 0 N–H and O–H groups in total.